The standard InChI is InChI=1S/C9H11N3O3/c1-11-3-2-6-10-8-5(4-7(13)15-8)12(6)9(11)14/h2-3,5,7-8,13H,4H2,1H3/t5-,7+,8+/m0/s1. The molecule has 0 unspecified atom stereocenters. The molecule has 6 nitrogen and oxygen atoms in total. The lowest BCUT2D eigenvalue weighted by Gasteiger charge is -2.29. The van der Waals surface area contributed by atoms with E-state index < -0.39 is 12.5 Å². The van der Waals surface area contributed by atoms with Gasteiger partial charge in [-0.05, 0) is 6.08 Å². The van der Waals surface area contributed by atoms with E-state index >= 15 is 0 Å². The van der Waals surface area contributed by atoms with Gasteiger partial charge in [-0.3, -0.25) is 4.90 Å². The van der Waals surface area contributed by atoms with Crippen LogP contribution in [-0.4, -0.2) is 52.4 Å². The van der Waals surface area contributed by atoms with Gasteiger partial charge in [0.25, 0.3) is 0 Å². The van der Waals surface area contributed by atoms with Gasteiger partial charge in [0.2, 0.25) is 0 Å². The number of fused-ring (bicyclic) bond motifs is 3. The molecule has 15 heavy (non-hydrogen) atoms. The minimum absolute atomic E-state index is 0.124. The highest BCUT2D eigenvalue weighted by atomic mass is 16.6. The van der Waals surface area contributed by atoms with Gasteiger partial charge >= 0.3 is 6.03 Å². The summed E-state index contributed by atoms with van der Waals surface area (Å²) in [7, 11) is 1.69. The van der Waals surface area contributed by atoms with Gasteiger partial charge in [0.1, 0.15) is 5.84 Å². The van der Waals surface area contributed by atoms with Crippen LogP contribution in [0.3, 0.4) is 0 Å². The van der Waals surface area contributed by atoms with Crippen LogP contribution in [0.2, 0.25) is 0 Å². The van der Waals surface area contributed by atoms with Gasteiger partial charge in [-0.2, -0.15) is 0 Å². The lowest BCUT2D eigenvalue weighted by atomic mass is 10.2. The molecule has 0 saturated carbocycles. The van der Waals surface area contributed by atoms with Gasteiger partial charge in [0.15, 0.2) is 12.5 Å². The van der Waals surface area contributed by atoms with Crippen LogP contribution in [0.25, 0.3) is 0 Å². The Labute approximate surface area is 86.4 Å². The quantitative estimate of drug-likeness (QED) is 0.596. The number of rotatable bonds is 0. The first-order valence-corrected chi connectivity index (χ1v) is 4.82. The molecule has 0 aromatic rings. The number of hydrogen-bond acceptors (Lipinski definition) is 4. The Morgan fingerprint density at radius 3 is 3.27 bits per heavy atom. The summed E-state index contributed by atoms with van der Waals surface area (Å²) in [5, 5.41) is 9.32. The number of aliphatic imine (C=N–C) groups is 1. The molecular formula is C9H11N3O3. The summed E-state index contributed by atoms with van der Waals surface area (Å²) in [6, 6.07) is -0.281. The van der Waals surface area contributed by atoms with Gasteiger partial charge in [0, 0.05) is 19.7 Å². The molecule has 6 heteroatoms. The fourth-order valence-corrected chi connectivity index (χ4v) is 2.12. The summed E-state index contributed by atoms with van der Waals surface area (Å²) in [5.74, 6) is 0.625. The summed E-state index contributed by atoms with van der Waals surface area (Å²) in [4.78, 5) is 19.1. The number of amidine groups is 1. The maximum Gasteiger partial charge on any atom is 0.329 e. The zero-order valence-corrected chi connectivity index (χ0v) is 8.20. The van der Waals surface area contributed by atoms with E-state index in [1.165, 1.54) is 4.90 Å². The molecule has 0 spiro atoms. The lowest BCUT2D eigenvalue weighted by molar-refractivity contribution is -0.0875. The summed E-state index contributed by atoms with van der Waals surface area (Å²) in [5.41, 5.74) is 0. The molecule has 0 aromatic heterocycles. The second kappa shape index (κ2) is 2.80. The molecule has 0 aromatic carbocycles. The number of carbonyl (C=O) groups is 1. The number of amides is 2. The summed E-state index contributed by atoms with van der Waals surface area (Å²) in [6.45, 7) is 0. The molecule has 3 rings (SSSR count). The van der Waals surface area contributed by atoms with E-state index in [9.17, 15) is 9.90 Å². The van der Waals surface area contributed by atoms with Crippen molar-refractivity contribution >= 4 is 11.9 Å². The van der Waals surface area contributed by atoms with E-state index in [1.807, 2.05) is 0 Å². The summed E-state index contributed by atoms with van der Waals surface area (Å²) in [6.07, 6.45) is 2.65. The molecule has 1 saturated heterocycles. The van der Waals surface area contributed by atoms with Crippen molar-refractivity contribution in [2.45, 2.75) is 25.0 Å². The normalized spacial score (nSPS) is 38.1. The smallest absolute Gasteiger partial charge is 0.329 e. The number of aliphatic hydroxyl groups is 1. The van der Waals surface area contributed by atoms with Gasteiger partial charge in [-0.1, -0.05) is 0 Å². The highest BCUT2D eigenvalue weighted by molar-refractivity contribution is 6.07. The maximum atomic E-state index is 11.8. The third-order valence-corrected chi connectivity index (χ3v) is 2.86. The average Bonchev–Trinajstić information content (AvgIpc) is 2.67. The van der Waals surface area contributed by atoms with E-state index in [1.54, 1.807) is 24.2 Å². The van der Waals surface area contributed by atoms with Crippen LogP contribution in [0.1, 0.15) is 6.42 Å². The minimum atomic E-state index is -0.811. The van der Waals surface area contributed by atoms with Gasteiger partial charge in [-0.15, -0.1) is 0 Å². The first-order valence-electron chi connectivity index (χ1n) is 4.82. The molecule has 3 heterocycles. The third kappa shape index (κ3) is 1.12. The molecule has 3 aliphatic rings. The number of carbonyl (C=O) groups excluding carboxylic acids is 1. The first kappa shape index (κ1) is 8.87. The van der Waals surface area contributed by atoms with Crippen molar-refractivity contribution in [3.05, 3.63) is 12.3 Å². The average molecular weight is 209 g/mol. The van der Waals surface area contributed by atoms with E-state index in [2.05, 4.69) is 4.99 Å². The zero-order chi connectivity index (χ0) is 10.6. The number of nitrogens with zero attached hydrogens (tertiary/aromatic N) is 3. The highest BCUT2D eigenvalue weighted by Crippen LogP contribution is 2.32. The Morgan fingerprint density at radius 2 is 2.47 bits per heavy atom. The fourth-order valence-electron chi connectivity index (χ4n) is 2.12. The third-order valence-electron chi connectivity index (χ3n) is 2.86. The SMILES string of the molecule is CN1C=CC2=N[C@@H]3O[C@@H](O)C[C@@H]3N2C1=O. The van der Waals surface area contributed by atoms with Gasteiger partial charge in [-0.25, -0.2) is 9.79 Å². The first-order chi connectivity index (χ1) is 7.16. The number of ether oxygens (including phenoxy) is 1. The van der Waals surface area contributed by atoms with Crippen molar-refractivity contribution in [3.63, 3.8) is 0 Å². The molecule has 3 aliphatic heterocycles. The van der Waals surface area contributed by atoms with Crippen LogP contribution in [-0.2, 0) is 4.74 Å². The molecule has 1 fully saturated rings. The predicted octanol–water partition coefficient (Wildman–Crippen LogP) is -0.287. The Morgan fingerprint density at radius 1 is 1.67 bits per heavy atom. The Balaban J connectivity index is 1.96. The largest absolute Gasteiger partial charge is 0.368 e. The van der Waals surface area contributed by atoms with Crippen LogP contribution >= 0.6 is 0 Å². The van der Waals surface area contributed by atoms with Crippen LogP contribution < -0.4 is 0 Å². The predicted molar refractivity (Wildman–Crippen MR) is 50.9 cm³/mol. The molecule has 0 bridgehead atoms. The van der Waals surface area contributed by atoms with Crippen molar-refractivity contribution in [1.29, 1.82) is 0 Å². The van der Waals surface area contributed by atoms with Crippen LogP contribution in [0.15, 0.2) is 17.3 Å². The van der Waals surface area contributed by atoms with E-state index in [4.69, 9.17) is 4.74 Å². The molecule has 0 radical (unpaired) electrons. The van der Waals surface area contributed by atoms with Crippen molar-refractivity contribution in [2.24, 2.45) is 4.99 Å². The highest BCUT2D eigenvalue weighted by Gasteiger charge is 2.47. The van der Waals surface area contributed by atoms with Crippen molar-refractivity contribution in [1.82, 2.24) is 9.80 Å². The number of urea groups is 1. The zero-order valence-electron chi connectivity index (χ0n) is 8.20. The second-order valence-electron chi connectivity index (χ2n) is 3.85. The van der Waals surface area contributed by atoms with Gasteiger partial charge in [0.05, 0.1) is 6.04 Å². The summed E-state index contributed by atoms with van der Waals surface area (Å²) >= 11 is 0. The van der Waals surface area contributed by atoms with Gasteiger partial charge < -0.3 is 14.7 Å². The van der Waals surface area contributed by atoms with Crippen molar-refractivity contribution < 1.29 is 14.6 Å². The van der Waals surface area contributed by atoms with Crippen molar-refractivity contribution in [2.75, 3.05) is 7.05 Å². The van der Waals surface area contributed by atoms with E-state index in [0.717, 1.165) is 0 Å². The molecule has 80 valence electrons. The van der Waals surface area contributed by atoms with Crippen LogP contribution in [0.5, 0.6) is 0 Å². The molecule has 3 atom stereocenters. The molecule has 0 aliphatic carbocycles. The Kier molecular flexibility index (Phi) is 1.66. The summed E-state index contributed by atoms with van der Waals surface area (Å²) < 4.78 is 5.18. The topological polar surface area (TPSA) is 65.4 Å². The monoisotopic (exact) mass is 209 g/mol. The van der Waals surface area contributed by atoms with Crippen molar-refractivity contribution in [3.8, 4) is 0 Å². The second-order valence-corrected chi connectivity index (χ2v) is 3.85. The maximum absolute atomic E-state index is 11.8. The van der Waals surface area contributed by atoms with E-state index in [0.29, 0.717) is 12.3 Å². The molecule has 2 amide bonds. The van der Waals surface area contributed by atoms with Crippen LogP contribution in [0, 0.1) is 0 Å². The lowest BCUT2D eigenvalue weighted by Crippen LogP contribution is -2.48. The Hall–Kier alpha value is -1.40. The Bertz CT molecular complexity index is 379. The fraction of sp³-hybridized carbons (Fsp3) is 0.556. The molecular weight excluding hydrogens is 198 g/mol. The molecule has 1 N–H and O–H groups in total. The minimum Gasteiger partial charge on any atom is -0.368 e. The van der Waals surface area contributed by atoms with E-state index in [-0.39, 0.29) is 12.1 Å². The number of hydrogen-bond donors (Lipinski definition) is 1. The van der Waals surface area contributed by atoms with Crippen LogP contribution in [0.4, 0.5) is 4.79 Å². The number of aliphatic hydroxyl groups excluding tert-OH is 1.